The van der Waals surface area contributed by atoms with Crippen molar-refractivity contribution in [1.29, 1.82) is 0 Å². The lowest BCUT2D eigenvalue weighted by atomic mass is 10.4. The minimum absolute atomic E-state index is 0.162. The molecule has 9 heteroatoms. The molecule has 0 amide bonds. The van der Waals surface area contributed by atoms with E-state index >= 15 is 0 Å². The Kier molecular flexibility index (Phi) is 5.82. The van der Waals surface area contributed by atoms with Crippen LogP contribution in [0.15, 0.2) is 23.6 Å². The van der Waals surface area contributed by atoms with Gasteiger partial charge in [0.05, 0.1) is 13.1 Å². The second-order valence-electron chi connectivity index (χ2n) is 4.38. The smallest absolute Gasteiger partial charge is 0.319 e. The van der Waals surface area contributed by atoms with E-state index in [4.69, 9.17) is 0 Å². The Morgan fingerprint density at radius 1 is 1.36 bits per heavy atom. The van der Waals surface area contributed by atoms with Crippen LogP contribution in [-0.2, 0) is 19.5 Å². The van der Waals surface area contributed by atoms with Gasteiger partial charge in [-0.1, -0.05) is 6.92 Å². The van der Waals surface area contributed by atoms with Crippen molar-refractivity contribution in [1.82, 2.24) is 25.2 Å². The fourth-order valence-corrected chi connectivity index (χ4v) is 2.60. The van der Waals surface area contributed by atoms with Crippen LogP contribution in [0, 0.1) is 0 Å². The van der Waals surface area contributed by atoms with Gasteiger partial charge in [0.15, 0.2) is 5.96 Å². The van der Waals surface area contributed by atoms with Crippen molar-refractivity contribution < 1.29 is 8.78 Å². The van der Waals surface area contributed by atoms with Gasteiger partial charge in [0.25, 0.3) is 0 Å². The average Bonchev–Trinajstić information content (AvgIpc) is 3.16. The third-order valence-electron chi connectivity index (χ3n) is 2.95. The number of imidazole rings is 1. The number of thiazole rings is 1. The Labute approximate surface area is 131 Å². The molecule has 0 fully saturated rings. The first-order valence-corrected chi connectivity index (χ1v) is 7.63. The van der Waals surface area contributed by atoms with Gasteiger partial charge in [0, 0.05) is 30.5 Å². The van der Waals surface area contributed by atoms with E-state index in [0.717, 1.165) is 16.0 Å². The van der Waals surface area contributed by atoms with E-state index in [2.05, 4.69) is 32.5 Å². The minimum atomic E-state index is -2.60. The summed E-state index contributed by atoms with van der Waals surface area (Å²) in [6.45, 7) is 0.177. The quantitative estimate of drug-likeness (QED) is 0.630. The van der Waals surface area contributed by atoms with Gasteiger partial charge in [-0.05, 0) is 6.42 Å². The van der Waals surface area contributed by atoms with Crippen LogP contribution in [0.25, 0.3) is 0 Å². The van der Waals surface area contributed by atoms with Gasteiger partial charge in [0.2, 0.25) is 0 Å². The molecule has 6 nitrogen and oxygen atoms in total. The van der Waals surface area contributed by atoms with Crippen molar-refractivity contribution in [2.24, 2.45) is 4.99 Å². The Bertz CT molecular complexity index is 622. The van der Waals surface area contributed by atoms with Gasteiger partial charge < -0.3 is 10.6 Å². The first kappa shape index (κ1) is 16.3. The van der Waals surface area contributed by atoms with Gasteiger partial charge in [-0.2, -0.15) is 8.78 Å². The monoisotopic (exact) mass is 328 g/mol. The van der Waals surface area contributed by atoms with Crippen LogP contribution in [0.5, 0.6) is 0 Å². The first-order valence-electron chi connectivity index (χ1n) is 6.82. The second-order valence-corrected chi connectivity index (χ2v) is 5.58. The third-order valence-corrected chi connectivity index (χ3v) is 4.10. The number of rotatable bonds is 6. The molecule has 2 aromatic heterocycles. The molecule has 22 heavy (non-hydrogen) atoms. The number of aliphatic imine (C=N–C) groups is 1. The molecule has 0 aliphatic carbocycles. The molecule has 0 atom stereocenters. The highest BCUT2D eigenvalue weighted by molar-refractivity contribution is 7.11. The predicted octanol–water partition coefficient (Wildman–Crippen LogP) is 2.16. The summed E-state index contributed by atoms with van der Waals surface area (Å²) in [4.78, 5) is 13.5. The zero-order valence-corrected chi connectivity index (χ0v) is 13.2. The Morgan fingerprint density at radius 2 is 2.14 bits per heavy atom. The Hall–Kier alpha value is -2.03. The molecule has 0 aromatic carbocycles. The van der Waals surface area contributed by atoms with E-state index in [1.165, 1.54) is 17.3 Å². The molecule has 0 spiro atoms. The van der Waals surface area contributed by atoms with Crippen LogP contribution < -0.4 is 10.6 Å². The summed E-state index contributed by atoms with van der Waals surface area (Å²) in [5, 5.41) is 7.01. The number of aromatic nitrogens is 3. The fourth-order valence-electron chi connectivity index (χ4n) is 1.79. The highest BCUT2D eigenvalue weighted by atomic mass is 32.1. The molecule has 2 aromatic rings. The molecule has 2 N–H and O–H groups in total. The maximum absolute atomic E-state index is 12.7. The number of alkyl halides is 2. The molecule has 120 valence electrons. The van der Waals surface area contributed by atoms with E-state index in [1.54, 1.807) is 18.4 Å². The lowest BCUT2D eigenvalue weighted by Gasteiger charge is -2.11. The topological polar surface area (TPSA) is 67.1 Å². The van der Waals surface area contributed by atoms with Crippen LogP contribution in [0.2, 0.25) is 0 Å². The normalized spacial score (nSPS) is 12.0. The van der Waals surface area contributed by atoms with Gasteiger partial charge >= 0.3 is 6.55 Å². The molecule has 2 heterocycles. The average molecular weight is 328 g/mol. The maximum atomic E-state index is 12.7. The molecule has 2 rings (SSSR count). The summed E-state index contributed by atoms with van der Waals surface area (Å²) in [5.74, 6) is 0.762. The van der Waals surface area contributed by atoms with Gasteiger partial charge in [-0.15, -0.1) is 11.3 Å². The van der Waals surface area contributed by atoms with Crippen molar-refractivity contribution in [3.05, 3.63) is 34.3 Å². The van der Waals surface area contributed by atoms with Crippen molar-refractivity contribution in [3.8, 4) is 0 Å². The molecular weight excluding hydrogens is 310 g/mol. The lowest BCUT2D eigenvalue weighted by Crippen LogP contribution is -2.37. The second kappa shape index (κ2) is 7.83. The Morgan fingerprint density at radius 3 is 2.77 bits per heavy atom. The van der Waals surface area contributed by atoms with E-state index < -0.39 is 6.55 Å². The lowest BCUT2D eigenvalue weighted by molar-refractivity contribution is 0.0668. The summed E-state index contributed by atoms with van der Waals surface area (Å²) in [7, 11) is 1.62. The number of nitrogens with one attached hydrogen (secondary N) is 2. The molecule has 0 aliphatic rings. The number of aryl methyl sites for hydroxylation is 1. The number of nitrogens with zero attached hydrogens (tertiary/aromatic N) is 4. The van der Waals surface area contributed by atoms with E-state index in [0.29, 0.717) is 12.5 Å². The Balaban J connectivity index is 1.86. The minimum Gasteiger partial charge on any atom is -0.350 e. The number of guanidine groups is 1. The maximum Gasteiger partial charge on any atom is 0.319 e. The molecule has 0 radical (unpaired) electrons. The van der Waals surface area contributed by atoms with E-state index in [9.17, 15) is 8.78 Å². The van der Waals surface area contributed by atoms with Gasteiger partial charge in [-0.3, -0.25) is 9.56 Å². The molecular formula is C13H18F2N6S. The highest BCUT2D eigenvalue weighted by Gasteiger charge is 2.11. The van der Waals surface area contributed by atoms with Gasteiger partial charge in [-0.25, -0.2) is 9.97 Å². The van der Waals surface area contributed by atoms with Crippen LogP contribution >= 0.6 is 11.3 Å². The molecule has 0 saturated heterocycles. The molecule has 0 saturated carbocycles. The third kappa shape index (κ3) is 4.23. The first-order chi connectivity index (χ1) is 10.6. The van der Waals surface area contributed by atoms with E-state index in [-0.39, 0.29) is 12.4 Å². The summed E-state index contributed by atoms with van der Waals surface area (Å²) >= 11 is 1.64. The van der Waals surface area contributed by atoms with E-state index in [1.807, 2.05) is 6.20 Å². The molecule has 0 unspecified atom stereocenters. The van der Waals surface area contributed by atoms with Crippen LogP contribution in [0.3, 0.4) is 0 Å². The SMILES string of the molecule is CCc1cnc(CNC(=NC)NCc2nccn2C(F)F)s1. The zero-order valence-electron chi connectivity index (χ0n) is 12.4. The largest absolute Gasteiger partial charge is 0.350 e. The standard InChI is InChI=1S/C13H18F2N6S/c1-3-9-6-18-11(22-9)8-20-13(16-2)19-7-10-17-4-5-21(10)12(14)15/h4-6,12H,3,7-8H2,1-2H3,(H2,16,19,20). The van der Waals surface area contributed by atoms with Crippen LogP contribution in [0.1, 0.15) is 29.2 Å². The summed E-state index contributed by atoms with van der Waals surface area (Å²) in [6, 6.07) is 0. The van der Waals surface area contributed by atoms with Crippen molar-refractivity contribution in [3.63, 3.8) is 0 Å². The molecule has 0 bridgehead atoms. The van der Waals surface area contributed by atoms with Gasteiger partial charge in [0.1, 0.15) is 10.8 Å². The van der Waals surface area contributed by atoms with Crippen LogP contribution in [-0.4, -0.2) is 27.5 Å². The molecule has 0 aliphatic heterocycles. The summed E-state index contributed by atoms with van der Waals surface area (Å²) in [6.07, 6.45) is 5.42. The number of hydrogen-bond donors (Lipinski definition) is 2. The highest BCUT2D eigenvalue weighted by Crippen LogP contribution is 2.13. The van der Waals surface area contributed by atoms with Crippen molar-refractivity contribution in [2.45, 2.75) is 33.0 Å². The number of halogens is 2. The summed E-state index contributed by atoms with van der Waals surface area (Å²) < 4.78 is 26.2. The fraction of sp³-hybridized carbons (Fsp3) is 0.462. The van der Waals surface area contributed by atoms with Crippen molar-refractivity contribution >= 4 is 17.3 Å². The summed E-state index contributed by atoms with van der Waals surface area (Å²) in [5.41, 5.74) is 0. The van der Waals surface area contributed by atoms with Crippen LogP contribution in [0.4, 0.5) is 8.78 Å². The zero-order chi connectivity index (χ0) is 15.9. The van der Waals surface area contributed by atoms with Crippen molar-refractivity contribution in [2.75, 3.05) is 7.05 Å². The number of hydrogen-bond acceptors (Lipinski definition) is 4. The predicted molar refractivity (Wildman–Crippen MR) is 82.0 cm³/mol.